The predicted octanol–water partition coefficient (Wildman–Crippen LogP) is 2.60. The van der Waals surface area contributed by atoms with Crippen molar-refractivity contribution in [1.29, 1.82) is 0 Å². The Kier molecular flexibility index (Phi) is 4.60. The number of hydrogen-bond acceptors (Lipinski definition) is 2. The summed E-state index contributed by atoms with van der Waals surface area (Å²) in [6, 6.07) is 5.18. The average molecular weight is 253 g/mol. The first kappa shape index (κ1) is 11.8. The molecule has 0 saturated heterocycles. The summed E-state index contributed by atoms with van der Waals surface area (Å²) in [6.07, 6.45) is 0. The van der Waals surface area contributed by atoms with Crippen LogP contribution < -0.4 is 5.73 Å². The highest BCUT2D eigenvalue weighted by molar-refractivity contribution is 9.10. The number of rotatable bonds is 1. The molecule has 3 N–H and O–H groups in total. The Morgan fingerprint density at radius 3 is 2.50 bits per heavy atom. The summed E-state index contributed by atoms with van der Waals surface area (Å²) in [7, 11) is 0. The molecule has 1 aromatic rings. The van der Waals surface area contributed by atoms with Gasteiger partial charge in [0.25, 0.3) is 0 Å². The topological polar surface area (TPSA) is 46.2 Å². The van der Waals surface area contributed by atoms with Crippen LogP contribution in [0.25, 0.3) is 0 Å². The SMILES string of the molecule is C[C@H](N)c1ccc(Br)cc1O.Cl. The van der Waals surface area contributed by atoms with Gasteiger partial charge in [-0.05, 0) is 19.1 Å². The fourth-order valence-corrected chi connectivity index (χ4v) is 1.25. The molecule has 0 bridgehead atoms. The molecule has 0 heterocycles. The number of nitrogens with two attached hydrogens (primary N) is 1. The normalized spacial score (nSPS) is 11.9. The third kappa shape index (κ3) is 2.66. The Morgan fingerprint density at radius 2 is 2.08 bits per heavy atom. The van der Waals surface area contributed by atoms with E-state index in [9.17, 15) is 5.11 Å². The standard InChI is InChI=1S/C8H10BrNO.ClH/c1-5(10)7-3-2-6(9)4-8(7)11;/h2-5,11H,10H2,1H3;1H/t5-;/m0./s1. The van der Waals surface area contributed by atoms with E-state index in [0.29, 0.717) is 0 Å². The van der Waals surface area contributed by atoms with Gasteiger partial charge in [-0.3, -0.25) is 0 Å². The van der Waals surface area contributed by atoms with Gasteiger partial charge in [-0.1, -0.05) is 22.0 Å². The summed E-state index contributed by atoms with van der Waals surface area (Å²) in [4.78, 5) is 0. The highest BCUT2D eigenvalue weighted by Crippen LogP contribution is 2.25. The quantitative estimate of drug-likeness (QED) is 0.807. The number of halogens is 2. The summed E-state index contributed by atoms with van der Waals surface area (Å²) in [5.74, 6) is 0.245. The van der Waals surface area contributed by atoms with E-state index in [0.717, 1.165) is 10.0 Å². The lowest BCUT2D eigenvalue weighted by Gasteiger charge is -2.07. The van der Waals surface area contributed by atoms with E-state index in [2.05, 4.69) is 15.9 Å². The van der Waals surface area contributed by atoms with Crippen molar-refractivity contribution >= 4 is 28.3 Å². The van der Waals surface area contributed by atoms with E-state index in [4.69, 9.17) is 5.73 Å². The van der Waals surface area contributed by atoms with Crippen LogP contribution in [0, 0.1) is 0 Å². The van der Waals surface area contributed by atoms with Crippen LogP contribution in [0.5, 0.6) is 5.75 Å². The molecule has 0 aliphatic carbocycles. The first-order valence-corrected chi connectivity index (χ1v) is 4.14. The Bertz CT molecular complexity index is 265. The zero-order valence-corrected chi connectivity index (χ0v) is 9.02. The van der Waals surface area contributed by atoms with Gasteiger partial charge in [0.1, 0.15) is 5.75 Å². The molecule has 0 aliphatic heterocycles. The summed E-state index contributed by atoms with van der Waals surface area (Å²) in [6.45, 7) is 1.84. The fraction of sp³-hybridized carbons (Fsp3) is 0.250. The maximum atomic E-state index is 9.35. The van der Waals surface area contributed by atoms with E-state index >= 15 is 0 Å². The van der Waals surface area contributed by atoms with E-state index < -0.39 is 0 Å². The molecule has 2 nitrogen and oxygen atoms in total. The molecule has 4 heteroatoms. The van der Waals surface area contributed by atoms with Crippen LogP contribution in [0.1, 0.15) is 18.5 Å². The lowest BCUT2D eigenvalue weighted by Crippen LogP contribution is -2.04. The molecule has 0 spiro atoms. The molecular weight excluding hydrogens is 241 g/mol. The molecule has 68 valence electrons. The van der Waals surface area contributed by atoms with E-state index in [1.807, 2.05) is 19.1 Å². The number of benzene rings is 1. The van der Waals surface area contributed by atoms with Crippen LogP contribution >= 0.6 is 28.3 Å². The van der Waals surface area contributed by atoms with E-state index in [-0.39, 0.29) is 24.2 Å². The van der Waals surface area contributed by atoms with Crippen LogP contribution in [0.4, 0.5) is 0 Å². The van der Waals surface area contributed by atoms with Gasteiger partial charge in [0.05, 0.1) is 0 Å². The van der Waals surface area contributed by atoms with Crippen LogP contribution in [-0.2, 0) is 0 Å². The number of hydrogen-bond donors (Lipinski definition) is 2. The summed E-state index contributed by atoms with van der Waals surface area (Å²) in [5.41, 5.74) is 6.36. The lowest BCUT2D eigenvalue weighted by atomic mass is 10.1. The van der Waals surface area contributed by atoms with Gasteiger partial charge in [0.2, 0.25) is 0 Å². The molecular formula is C8H11BrClNO. The Morgan fingerprint density at radius 1 is 1.50 bits per heavy atom. The molecule has 0 radical (unpaired) electrons. The fourth-order valence-electron chi connectivity index (χ4n) is 0.902. The van der Waals surface area contributed by atoms with Gasteiger partial charge in [-0.15, -0.1) is 12.4 Å². The third-order valence-electron chi connectivity index (χ3n) is 1.48. The monoisotopic (exact) mass is 251 g/mol. The van der Waals surface area contributed by atoms with Crippen molar-refractivity contribution < 1.29 is 5.11 Å². The highest BCUT2D eigenvalue weighted by atomic mass is 79.9. The number of aromatic hydroxyl groups is 1. The summed E-state index contributed by atoms with van der Waals surface area (Å²) in [5, 5.41) is 9.35. The van der Waals surface area contributed by atoms with Crippen molar-refractivity contribution in [3.63, 3.8) is 0 Å². The van der Waals surface area contributed by atoms with Crippen molar-refractivity contribution in [2.24, 2.45) is 5.73 Å². The van der Waals surface area contributed by atoms with E-state index in [1.54, 1.807) is 6.07 Å². The smallest absolute Gasteiger partial charge is 0.121 e. The van der Waals surface area contributed by atoms with Crippen molar-refractivity contribution in [2.75, 3.05) is 0 Å². The second-order valence-electron chi connectivity index (χ2n) is 2.49. The summed E-state index contributed by atoms with van der Waals surface area (Å²) < 4.78 is 0.861. The minimum atomic E-state index is -0.122. The van der Waals surface area contributed by atoms with Gasteiger partial charge in [0, 0.05) is 16.1 Å². The molecule has 0 fully saturated rings. The lowest BCUT2D eigenvalue weighted by molar-refractivity contribution is 0.463. The Balaban J connectivity index is 0.00000121. The summed E-state index contributed by atoms with van der Waals surface area (Å²) >= 11 is 3.24. The van der Waals surface area contributed by atoms with E-state index in [1.165, 1.54) is 0 Å². The van der Waals surface area contributed by atoms with Gasteiger partial charge in [-0.25, -0.2) is 0 Å². The average Bonchev–Trinajstić information content (AvgIpc) is 1.85. The van der Waals surface area contributed by atoms with Crippen LogP contribution in [0.3, 0.4) is 0 Å². The predicted molar refractivity (Wildman–Crippen MR) is 55.7 cm³/mol. The molecule has 12 heavy (non-hydrogen) atoms. The molecule has 1 aromatic carbocycles. The van der Waals surface area contributed by atoms with Crippen molar-refractivity contribution in [3.05, 3.63) is 28.2 Å². The number of phenols is 1. The zero-order valence-electron chi connectivity index (χ0n) is 6.62. The third-order valence-corrected chi connectivity index (χ3v) is 1.98. The maximum absolute atomic E-state index is 9.35. The van der Waals surface area contributed by atoms with Crippen molar-refractivity contribution in [2.45, 2.75) is 13.0 Å². The molecule has 0 unspecified atom stereocenters. The molecule has 0 saturated carbocycles. The molecule has 0 aromatic heterocycles. The Labute approximate surface area is 86.3 Å². The zero-order chi connectivity index (χ0) is 8.43. The largest absolute Gasteiger partial charge is 0.508 e. The first-order chi connectivity index (χ1) is 5.11. The molecule has 1 atom stereocenters. The second kappa shape index (κ2) is 4.70. The Hall–Kier alpha value is -0.250. The molecule has 0 aliphatic rings. The van der Waals surface area contributed by atoms with Gasteiger partial charge < -0.3 is 10.8 Å². The second-order valence-corrected chi connectivity index (χ2v) is 3.41. The minimum absolute atomic E-state index is 0. The van der Waals surface area contributed by atoms with Crippen molar-refractivity contribution in [3.8, 4) is 5.75 Å². The first-order valence-electron chi connectivity index (χ1n) is 3.35. The van der Waals surface area contributed by atoms with Gasteiger partial charge >= 0.3 is 0 Å². The molecule has 1 rings (SSSR count). The highest BCUT2D eigenvalue weighted by Gasteiger charge is 2.04. The van der Waals surface area contributed by atoms with Crippen LogP contribution in [0.15, 0.2) is 22.7 Å². The van der Waals surface area contributed by atoms with Gasteiger partial charge in [0.15, 0.2) is 0 Å². The van der Waals surface area contributed by atoms with Crippen LogP contribution in [-0.4, -0.2) is 5.11 Å². The number of phenolic OH excluding ortho intramolecular Hbond substituents is 1. The maximum Gasteiger partial charge on any atom is 0.121 e. The van der Waals surface area contributed by atoms with Gasteiger partial charge in [-0.2, -0.15) is 0 Å². The minimum Gasteiger partial charge on any atom is -0.508 e. The van der Waals surface area contributed by atoms with Crippen molar-refractivity contribution in [1.82, 2.24) is 0 Å². The van der Waals surface area contributed by atoms with Crippen LogP contribution in [0.2, 0.25) is 0 Å². The molecule has 0 amide bonds.